The molecule has 0 bridgehead atoms. The third kappa shape index (κ3) is 25.4. The van der Waals surface area contributed by atoms with Gasteiger partial charge in [0, 0.05) is 0 Å². The van der Waals surface area contributed by atoms with Crippen molar-refractivity contribution >= 4 is 0 Å². The van der Waals surface area contributed by atoms with Crippen molar-refractivity contribution in [2.75, 3.05) is 0 Å². The fourth-order valence-corrected chi connectivity index (χ4v) is 3.89. The van der Waals surface area contributed by atoms with Crippen LogP contribution in [-0.2, 0) is 0 Å². The van der Waals surface area contributed by atoms with E-state index >= 15 is 0 Å². The van der Waals surface area contributed by atoms with Gasteiger partial charge in [-0.3, -0.25) is 0 Å². The first-order valence-corrected chi connectivity index (χ1v) is 15.3. The second-order valence-corrected chi connectivity index (χ2v) is 11.8. The Morgan fingerprint density at radius 1 is 0.350 bits per heavy atom. The first-order valence-electron chi connectivity index (χ1n) is 15.3. The predicted molar refractivity (Wildman–Crippen MR) is 186 cm³/mol. The molecule has 0 spiro atoms. The van der Waals surface area contributed by atoms with E-state index in [9.17, 15) is 0 Å². The Morgan fingerprint density at radius 2 is 0.675 bits per heavy atom. The van der Waals surface area contributed by atoms with E-state index in [1.54, 1.807) is 0 Å². The summed E-state index contributed by atoms with van der Waals surface area (Å²) in [4.78, 5) is 0. The lowest BCUT2D eigenvalue weighted by Gasteiger charge is -2.00. The van der Waals surface area contributed by atoms with Crippen molar-refractivity contribution in [2.24, 2.45) is 0 Å². The van der Waals surface area contributed by atoms with Gasteiger partial charge in [0.25, 0.3) is 0 Å². The van der Waals surface area contributed by atoms with Gasteiger partial charge >= 0.3 is 0 Å². The molecule has 0 N–H and O–H groups in total. The van der Waals surface area contributed by atoms with Crippen molar-refractivity contribution < 1.29 is 0 Å². The van der Waals surface area contributed by atoms with Crippen molar-refractivity contribution in [3.63, 3.8) is 0 Å². The maximum atomic E-state index is 2.40. The van der Waals surface area contributed by atoms with E-state index in [2.05, 4.69) is 154 Å². The third-order valence-corrected chi connectivity index (χ3v) is 6.55. The van der Waals surface area contributed by atoms with Crippen LogP contribution in [0.4, 0.5) is 0 Å². The summed E-state index contributed by atoms with van der Waals surface area (Å²) in [6.07, 6.45) is 40.3. The van der Waals surface area contributed by atoms with E-state index < -0.39 is 0 Å². The highest BCUT2D eigenvalue weighted by Crippen LogP contribution is 2.13. The second kappa shape index (κ2) is 24.0. The molecule has 0 amide bonds. The van der Waals surface area contributed by atoms with Crippen molar-refractivity contribution in [3.05, 3.63) is 130 Å². The third-order valence-electron chi connectivity index (χ3n) is 6.55. The molecule has 40 heavy (non-hydrogen) atoms. The molecule has 0 rings (SSSR count). The first kappa shape index (κ1) is 37.1. The Hall–Kier alpha value is -2.86. The van der Waals surface area contributed by atoms with E-state index in [1.807, 2.05) is 0 Å². The normalized spacial score (nSPS) is 14.7. The summed E-state index contributed by atoms with van der Waals surface area (Å²) < 4.78 is 0. The highest BCUT2D eigenvalue weighted by atomic mass is 14.0. The van der Waals surface area contributed by atoms with Crippen LogP contribution in [0.15, 0.2) is 130 Å². The zero-order chi connectivity index (χ0) is 30.2. The van der Waals surface area contributed by atoms with Crippen LogP contribution >= 0.6 is 0 Å². The van der Waals surface area contributed by atoms with Gasteiger partial charge in [0.05, 0.1) is 0 Å². The molecular formula is C40H60. The quantitative estimate of drug-likeness (QED) is 0.120. The average Bonchev–Trinajstić information content (AvgIpc) is 2.86. The van der Waals surface area contributed by atoms with E-state index in [-0.39, 0.29) is 0 Å². The molecule has 0 saturated heterocycles. The summed E-state index contributed by atoms with van der Waals surface area (Å²) >= 11 is 0. The highest BCUT2D eigenvalue weighted by Gasteiger charge is 1.92. The average molecular weight is 541 g/mol. The lowest BCUT2D eigenvalue weighted by Crippen LogP contribution is -1.80. The van der Waals surface area contributed by atoms with Crippen molar-refractivity contribution in [1.29, 1.82) is 0 Å². The largest absolute Gasteiger partial charge is 0.0856 e. The van der Waals surface area contributed by atoms with Gasteiger partial charge in [-0.25, -0.2) is 0 Å². The summed E-state index contributed by atoms with van der Waals surface area (Å²) in [6.45, 7) is 21.9. The van der Waals surface area contributed by atoms with Crippen LogP contribution in [0.2, 0.25) is 0 Å². The van der Waals surface area contributed by atoms with Gasteiger partial charge in [-0.2, -0.15) is 0 Å². The SMILES string of the molecule is CC(C)=CCC/C(C)=C/CC/C(C)=C/C=C/C(C)=C/C=C/C=C(C)/C=C/C=C(\C)CC/C=C(\C)CCC=C(C)C. The predicted octanol–water partition coefficient (Wildman–Crippen LogP) is 13.4. The Morgan fingerprint density at radius 3 is 1.02 bits per heavy atom. The van der Waals surface area contributed by atoms with E-state index in [4.69, 9.17) is 0 Å². The second-order valence-electron chi connectivity index (χ2n) is 11.8. The maximum Gasteiger partial charge on any atom is -0.0285 e. The summed E-state index contributed by atoms with van der Waals surface area (Å²) in [5.41, 5.74) is 11.1. The zero-order valence-electron chi connectivity index (χ0n) is 27.7. The molecule has 0 fully saturated rings. The standard InChI is InChI=1S/C40H60/c1-33(2)19-13-23-37(7)27-17-31-39(9)29-15-25-35(5)21-11-12-22-36(6)26-16-30-40(10)32-18-28-38(8)24-14-20-34(3)4/h11-12,15-16,19-22,25-30H,13-14,17-18,23-24,31-32H2,1-10H3/b12-11+,25-15+,26-16+,35-21+,36-22+,37-27+,38-28+,39-29+,40-30+. The molecule has 0 aromatic rings. The molecule has 0 atom stereocenters. The molecule has 0 saturated carbocycles. The fraction of sp³-hybridized carbons (Fsp3) is 0.450. The Bertz CT molecular complexity index is 967. The van der Waals surface area contributed by atoms with E-state index in [0.29, 0.717) is 0 Å². The summed E-state index contributed by atoms with van der Waals surface area (Å²) in [6, 6.07) is 0. The number of hydrogen-bond donors (Lipinski definition) is 0. The molecule has 0 heterocycles. The highest BCUT2D eigenvalue weighted by molar-refractivity contribution is 5.30. The van der Waals surface area contributed by atoms with Crippen molar-refractivity contribution in [1.82, 2.24) is 0 Å². The lowest BCUT2D eigenvalue weighted by molar-refractivity contribution is 0.918. The summed E-state index contributed by atoms with van der Waals surface area (Å²) in [5.74, 6) is 0. The fourth-order valence-electron chi connectivity index (χ4n) is 3.89. The van der Waals surface area contributed by atoms with Gasteiger partial charge in [-0.1, -0.05) is 130 Å². The minimum absolute atomic E-state index is 1.12. The number of allylic oxidation sites excluding steroid dienone is 22. The lowest BCUT2D eigenvalue weighted by atomic mass is 10.1. The van der Waals surface area contributed by atoms with Gasteiger partial charge in [-0.15, -0.1) is 0 Å². The molecule has 0 radical (unpaired) electrons. The van der Waals surface area contributed by atoms with Gasteiger partial charge in [0.1, 0.15) is 0 Å². The van der Waals surface area contributed by atoms with E-state index in [1.165, 1.54) is 57.4 Å². The van der Waals surface area contributed by atoms with Crippen LogP contribution in [0.25, 0.3) is 0 Å². The molecule has 0 aromatic carbocycles. The Labute approximate surface area is 249 Å². The monoisotopic (exact) mass is 540 g/mol. The van der Waals surface area contributed by atoms with Crippen molar-refractivity contribution in [3.8, 4) is 0 Å². The van der Waals surface area contributed by atoms with E-state index in [0.717, 1.165) is 38.5 Å². The topological polar surface area (TPSA) is 0 Å². The molecule has 0 aliphatic heterocycles. The van der Waals surface area contributed by atoms with Gasteiger partial charge in [0.2, 0.25) is 0 Å². The Kier molecular flexibility index (Phi) is 22.3. The maximum absolute atomic E-state index is 2.40. The Balaban J connectivity index is 4.51. The van der Waals surface area contributed by atoms with Gasteiger partial charge in [0.15, 0.2) is 0 Å². The molecule has 0 heteroatoms. The smallest absolute Gasteiger partial charge is 0.0285 e. The molecule has 0 unspecified atom stereocenters. The number of rotatable bonds is 18. The van der Waals surface area contributed by atoms with Crippen LogP contribution in [0.1, 0.15) is 121 Å². The zero-order valence-corrected chi connectivity index (χ0v) is 27.7. The summed E-state index contributed by atoms with van der Waals surface area (Å²) in [5, 5.41) is 0. The minimum Gasteiger partial charge on any atom is -0.0856 e. The van der Waals surface area contributed by atoms with Crippen molar-refractivity contribution in [2.45, 2.75) is 121 Å². The van der Waals surface area contributed by atoms with Crippen LogP contribution in [-0.4, -0.2) is 0 Å². The van der Waals surface area contributed by atoms with Crippen LogP contribution < -0.4 is 0 Å². The summed E-state index contributed by atoms with van der Waals surface area (Å²) in [7, 11) is 0. The minimum atomic E-state index is 1.12. The molecule has 0 aliphatic carbocycles. The van der Waals surface area contributed by atoms with Gasteiger partial charge in [-0.05, 0) is 121 Å². The molecule has 220 valence electrons. The van der Waals surface area contributed by atoms with Crippen LogP contribution in [0.3, 0.4) is 0 Å². The molecule has 0 nitrogen and oxygen atoms in total. The molecule has 0 aliphatic rings. The number of hydrogen-bond acceptors (Lipinski definition) is 0. The molecule has 0 aromatic heterocycles. The van der Waals surface area contributed by atoms with Gasteiger partial charge < -0.3 is 0 Å². The first-order chi connectivity index (χ1) is 19.0. The van der Waals surface area contributed by atoms with Crippen LogP contribution in [0.5, 0.6) is 0 Å². The molecular weight excluding hydrogens is 480 g/mol. The van der Waals surface area contributed by atoms with Crippen LogP contribution in [0, 0.1) is 0 Å².